The van der Waals surface area contributed by atoms with Crippen molar-refractivity contribution in [3.63, 3.8) is 0 Å². The van der Waals surface area contributed by atoms with Gasteiger partial charge in [-0.25, -0.2) is 5.01 Å². The number of halogens is 2. The highest BCUT2D eigenvalue weighted by Gasteiger charge is 2.42. The zero-order valence-electron chi connectivity index (χ0n) is 19.5. The van der Waals surface area contributed by atoms with Gasteiger partial charge in [-0.05, 0) is 67.5 Å². The first-order chi connectivity index (χ1) is 16.4. The first kappa shape index (κ1) is 23.5. The third-order valence-corrected chi connectivity index (χ3v) is 7.83. The van der Waals surface area contributed by atoms with E-state index in [1.165, 1.54) is 19.3 Å². The Labute approximate surface area is 210 Å². The molecule has 1 N–H and O–H groups in total. The molecule has 8 heteroatoms. The monoisotopic (exact) mass is 500 g/mol. The quantitative estimate of drug-likeness (QED) is 0.551. The van der Waals surface area contributed by atoms with E-state index in [2.05, 4.69) is 10.4 Å². The van der Waals surface area contributed by atoms with E-state index in [1.807, 2.05) is 49.2 Å². The number of hydrogen-bond donors (Lipinski definition) is 1. The van der Waals surface area contributed by atoms with Crippen LogP contribution in [0.2, 0.25) is 10.0 Å². The number of benzene rings is 2. The molecule has 1 saturated heterocycles. The van der Waals surface area contributed by atoms with Gasteiger partial charge in [0.15, 0.2) is 0 Å². The van der Waals surface area contributed by atoms with Crippen LogP contribution in [0.3, 0.4) is 0 Å². The summed E-state index contributed by atoms with van der Waals surface area (Å²) in [6.07, 6.45) is 3.83. The first-order valence-corrected chi connectivity index (χ1v) is 12.8. The molecule has 2 heterocycles. The maximum Gasteiger partial charge on any atom is 0.282 e. The number of hydrazone groups is 1. The molecule has 4 atom stereocenters. The SMILES string of the molecule is CCOc1ccc([C@@H]2[C@H](C)C(C(=O)NN3CC4CCCC4C3)=NN2c2ccc(Cl)cc2Cl)cc1. The van der Waals surface area contributed by atoms with Crippen molar-refractivity contribution >= 4 is 40.5 Å². The van der Waals surface area contributed by atoms with Gasteiger partial charge in [-0.15, -0.1) is 0 Å². The molecular formula is C26H30Cl2N4O2. The molecule has 2 fully saturated rings. The van der Waals surface area contributed by atoms with Crippen LogP contribution in [0, 0.1) is 17.8 Å². The minimum absolute atomic E-state index is 0.143. The molecule has 2 aromatic rings. The smallest absolute Gasteiger partial charge is 0.282 e. The van der Waals surface area contributed by atoms with E-state index >= 15 is 0 Å². The summed E-state index contributed by atoms with van der Waals surface area (Å²) in [7, 11) is 0. The summed E-state index contributed by atoms with van der Waals surface area (Å²) in [4.78, 5) is 13.4. The number of hydrogen-bond acceptors (Lipinski definition) is 5. The molecule has 2 aromatic carbocycles. The van der Waals surface area contributed by atoms with Crippen molar-refractivity contribution in [2.45, 2.75) is 39.2 Å². The number of fused-ring (bicyclic) bond motifs is 1. The van der Waals surface area contributed by atoms with Gasteiger partial charge in [0.1, 0.15) is 11.5 Å². The van der Waals surface area contributed by atoms with Gasteiger partial charge in [0.2, 0.25) is 0 Å². The molecule has 0 spiro atoms. The van der Waals surface area contributed by atoms with Gasteiger partial charge in [-0.3, -0.25) is 15.2 Å². The van der Waals surface area contributed by atoms with Gasteiger partial charge < -0.3 is 4.74 Å². The van der Waals surface area contributed by atoms with Crippen LogP contribution in [0.4, 0.5) is 5.69 Å². The van der Waals surface area contributed by atoms with Crippen LogP contribution in [0.1, 0.15) is 44.7 Å². The van der Waals surface area contributed by atoms with Crippen molar-refractivity contribution in [3.05, 3.63) is 58.1 Å². The van der Waals surface area contributed by atoms with Crippen LogP contribution < -0.4 is 15.2 Å². The van der Waals surface area contributed by atoms with Gasteiger partial charge in [-0.1, -0.05) is 48.7 Å². The minimum atomic E-state index is -0.187. The number of nitrogens with one attached hydrogen (secondary N) is 1. The van der Waals surface area contributed by atoms with Gasteiger partial charge in [0.05, 0.1) is 23.4 Å². The highest BCUT2D eigenvalue weighted by atomic mass is 35.5. The summed E-state index contributed by atoms with van der Waals surface area (Å²) in [5, 5.41) is 9.80. The average molecular weight is 501 g/mol. The maximum atomic E-state index is 13.4. The van der Waals surface area contributed by atoms with Crippen LogP contribution in [-0.2, 0) is 4.79 Å². The zero-order valence-corrected chi connectivity index (χ0v) is 21.0. The predicted molar refractivity (Wildman–Crippen MR) is 136 cm³/mol. The van der Waals surface area contributed by atoms with Crippen LogP contribution in [-0.4, -0.2) is 36.3 Å². The van der Waals surface area contributed by atoms with Crippen molar-refractivity contribution in [1.82, 2.24) is 10.4 Å². The van der Waals surface area contributed by atoms with E-state index in [0.29, 0.717) is 34.2 Å². The molecule has 5 rings (SSSR count). The van der Waals surface area contributed by atoms with E-state index in [4.69, 9.17) is 33.0 Å². The second-order valence-corrected chi connectivity index (χ2v) is 10.3. The Bertz CT molecular complexity index is 1080. The number of carbonyl (C=O) groups is 1. The summed E-state index contributed by atoms with van der Waals surface area (Å²) in [6, 6.07) is 13.1. The highest BCUT2D eigenvalue weighted by molar-refractivity contribution is 6.41. The Balaban J connectivity index is 1.43. The highest BCUT2D eigenvalue weighted by Crippen LogP contribution is 2.43. The van der Waals surface area contributed by atoms with E-state index in [0.717, 1.165) is 30.1 Å². The second kappa shape index (κ2) is 9.76. The Morgan fingerprint density at radius 1 is 1.12 bits per heavy atom. The summed E-state index contributed by atoms with van der Waals surface area (Å²) < 4.78 is 5.61. The Hall–Kier alpha value is -2.28. The minimum Gasteiger partial charge on any atom is -0.494 e. The number of anilines is 1. The lowest BCUT2D eigenvalue weighted by Gasteiger charge is -2.28. The third kappa shape index (κ3) is 4.51. The fraction of sp³-hybridized carbons (Fsp3) is 0.462. The van der Waals surface area contributed by atoms with Crippen molar-refractivity contribution in [3.8, 4) is 5.75 Å². The van der Waals surface area contributed by atoms with Crippen LogP contribution >= 0.6 is 23.2 Å². The maximum absolute atomic E-state index is 13.4. The molecule has 1 aliphatic carbocycles. The fourth-order valence-corrected chi connectivity index (χ4v) is 6.13. The molecular weight excluding hydrogens is 471 g/mol. The number of carbonyl (C=O) groups excluding carboxylic acids is 1. The Morgan fingerprint density at radius 2 is 1.82 bits per heavy atom. The van der Waals surface area contributed by atoms with Crippen LogP contribution in [0.15, 0.2) is 47.6 Å². The standard InChI is InChI=1S/C26H30Cl2N4O2/c1-3-34-21-10-7-17(8-11-21)25-16(2)24(29-32(25)23-12-9-20(27)13-22(23)28)26(33)30-31-14-18-5-4-6-19(18)15-31/h7-13,16,18-19,25H,3-6,14-15H2,1-2H3,(H,30,33)/t16-,18?,19?,25+/m1/s1. The van der Waals surface area contributed by atoms with Crippen molar-refractivity contribution in [2.75, 3.05) is 24.7 Å². The number of rotatable bonds is 6. The van der Waals surface area contributed by atoms with Gasteiger partial charge >= 0.3 is 0 Å². The lowest BCUT2D eigenvalue weighted by molar-refractivity contribution is -0.119. The van der Waals surface area contributed by atoms with E-state index in [1.54, 1.807) is 12.1 Å². The molecule has 2 unspecified atom stereocenters. The van der Waals surface area contributed by atoms with Gasteiger partial charge in [0, 0.05) is 24.0 Å². The summed E-state index contributed by atoms with van der Waals surface area (Å²) in [6.45, 7) is 6.46. The molecule has 0 aromatic heterocycles. The zero-order chi connectivity index (χ0) is 23.8. The van der Waals surface area contributed by atoms with Gasteiger partial charge in [0.25, 0.3) is 5.91 Å². The number of ether oxygens (including phenoxy) is 1. The number of nitrogens with zero attached hydrogens (tertiary/aromatic N) is 3. The topological polar surface area (TPSA) is 57.2 Å². The molecule has 2 aliphatic heterocycles. The molecule has 6 nitrogen and oxygen atoms in total. The van der Waals surface area contributed by atoms with E-state index in [-0.39, 0.29) is 17.9 Å². The second-order valence-electron chi connectivity index (χ2n) is 9.46. The van der Waals surface area contributed by atoms with E-state index in [9.17, 15) is 4.79 Å². The average Bonchev–Trinajstić information content (AvgIpc) is 3.48. The summed E-state index contributed by atoms with van der Waals surface area (Å²) in [5.74, 6) is 1.92. The van der Waals surface area contributed by atoms with Gasteiger partial charge in [-0.2, -0.15) is 5.10 Å². The molecule has 180 valence electrons. The first-order valence-electron chi connectivity index (χ1n) is 12.1. The molecule has 1 amide bonds. The lowest BCUT2D eigenvalue weighted by atomic mass is 9.91. The number of hydrazine groups is 1. The molecule has 1 saturated carbocycles. The molecule has 3 aliphatic rings. The largest absolute Gasteiger partial charge is 0.494 e. The number of amides is 1. The summed E-state index contributed by atoms with van der Waals surface area (Å²) in [5.41, 5.74) is 5.39. The van der Waals surface area contributed by atoms with Crippen LogP contribution in [0.5, 0.6) is 5.75 Å². The Morgan fingerprint density at radius 3 is 2.47 bits per heavy atom. The molecule has 34 heavy (non-hydrogen) atoms. The predicted octanol–water partition coefficient (Wildman–Crippen LogP) is 5.71. The normalized spacial score (nSPS) is 26.5. The van der Waals surface area contributed by atoms with Crippen molar-refractivity contribution < 1.29 is 9.53 Å². The van der Waals surface area contributed by atoms with Crippen molar-refractivity contribution in [1.29, 1.82) is 0 Å². The van der Waals surface area contributed by atoms with E-state index < -0.39 is 0 Å². The fourth-order valence-electron chi connectivity index (χ4n) is 5.64. The third-order valence-electron chi connectivity index (χ3n) is 7.29. The van der Waals surface area contributed by atoms with Crippen LogP contribution in [0.25, 0.3) is 0 Å². The molecule has 0 bridgehead atoms. The summed E-state index contributed by atoms with van der Waals surface area (Å²) >= 11 is 12.7. The lowest BCUT2D eigenvalue weighted by Crippen LogP contribution is -2.45. The molecule has 0 radical (unpaired) electrons. The van der Waals surface area contributed by atoms with Crippen molar-refractivity contribution in [2.24, 2.45) is 22.9 Å². The Kier molecular flexibility index (Phi) is 6.74.